The molecule has 1 unspecified atom stereocenters. The molecule has 0 bridgehead atoms. The van der Waals surface area contributed by atoms with Crippen molar-refractivity contribution in [2.45, 2.75) is 12.8 Å². The van der Waals surface area contributed by atoms with Crippen LogP contribution in [-0.2, 0) is 9.84 Å². The third-order valence-corrected chi connectivity index (χ3v) is 7.32. The van der Waals surface area contributed by atoms with Crippen LogP contribution in [0.2, 0.25) is 0 Å². The lowest BCUT2D eigenvalue weighted by Crippen LogP contribution is -2.48. The minimum Gasteiger partial charge on any atom is -0.406 e. The highest BCUT2D eigenvalue weighted by Gasteiger charge is 2.26. The van der Waals surface area contributed by atoms with Gasteiger partial charge in [0, 0.05) is 38.3 Å². The smallest absolute Gasteiger partial charge is 0.345 e. The summed E-state index contributed by atoms with van der Waals surface area (Å²) in [5.74, 6) is 0.816. The Balaban J connectivity index is 0.00000342. The summed E-state index contributed by atoms with van der Waals surface area (Å²) >= 11 is 0. The Bertz CT molecular complexity index is 1290. The molecule has 1 atom stereocenters. The van der Waals surface area contributed by atoms with Crippen molar-refractivity contribution < 1.29 is 17.6 Å². The van der Waals surface area contributed by atoms with Crippen LogP contribution in [-0.4, -0.2) is 78.8 Å². The number of halogens is 1. The van der Waals surface area contributed by atoms with Crippen molar-refractivity contribution in [1.82, 2.24) is 20.0 Å². The van der Waals surface area contributed by atoms with Gasteiger partial charge in [0.15, 0.2) is 15.6 Å². The average molecular weight is 518 g/mol. The maximum absolute atomic E-state index is 12.8. The van der Waals surface area contributed by atoms with Gasteiger partial charge in [-0.1, -0.05) is 53.6 Å². The van der Waals surface area contributed by atoms with Crippen molar-refractivity contribution in [3.63, 3.8) is 0 Å². The molecule has 9 nitrogen and oxygen atoms in total. The molecular formula is C24H28ClN5O4S. The molecule has 0 spiro atoms. The largest absolute Gasteiger partial charge is 0.406 e. The van der Waals surface area contributed by atoms with Crippen molar-refractivity contribution in [2.24, 2.45) is 4.99 Å². The predicted molar refractivity (Wildman–Crippen MR) is 136 cm³/mol. The van der Waals surface area contributed by atoms with E-state index in [9.17, 15) is 13.2 Å². The topological polar surface area (TPSA) is 109 Å². The van der Waals surface area contributed by atoms with Gasteiger partial charge in [-0.3, -0.25) is 4.79 Å². The van der Waals surface area contributed by atoms with Gasteiger partial charge in [-0.2, -0.15) is 4.99 Å². The number of aromatic nitrogens is 2. The number of hydrogen-bond donors (Lipinski definition) is 0. The molecule has 2 heterocycles. The first-order valence-electron chi connectivity index (χ1n) is 11.0. The van der Waals surface area contributed by atoms with Crippen molar-refractivity contribution in [3.05, 3.63) is 77.2 Å². The van der Waals surface area contributed by atoms with E-state index < -0.39 is 9.84 Å². The number of rotatable bonds is 5. The molecule has 11 heteroatoms. The monoisotopic (exact) mass is 517 g/mol. The minimum atomic E-state index is -3.00. The molecule has 3 aromatic rings. The number of hydrogen-bond acceptors (Lipinski definition) is 7. The second kappa shape index (κ2) is 11.0. The van der Waals surface area contributed by atoms with Gasteiger partial charge in [-0.15, -0.1) is 17.5 Å². The number of carbonyl (C=O) groups excluding carboxylic acids is 1. The molecule has 186 valence electrons. The summed E-state index contributed by atoms with van der Waals surface area (Å²) in [4.78, 5) is 21.0. The zero-order valence-electron chi connectivity index (χ0n) is 19.8. The van der Waals surface area contributed by atoms with E-state index >= 15 is 0 Å². The highest BCUT2D eigenvalue weighted by Crippen LogP contribution is 2.26. The number of ketones is 1. The SMILES string of the molecule is CC(c1cccc(C(=O)c2ccccc2)c1)c1nnc(N=C(N(C)C)N2CCS(=O)(=O)CC2)o1.Cl. The van der Waals surface area contributed by atoms with E-state index in [0.29, 0.717) is 36.1 Å². The van der Waals surface area contributed by atoms with Crippen molar-refractivity contribution >= 4 is 40.0 Å². The number of sulfone groups is 1. The highest BCUT2D eigenvalue weighted by atomic mass is 35.5. The third-order valence-electron chi connectivity index (χ3n) is 5.71. The predicted octanol–water partition coefficient (Wildman–Crippen LogP) is 3.15. The Kier molecular flexibility index (Phi) is 8.29. The van der Waals surface area contributed by atoms with Gasteiger partial charge in [0.05, 0.1) is 17.4 Å². The molecule has 2 aromatic carbocycles. The van der Waals surface area contributed by atoms with Gasteiger partial charge in [0.2, 0.25) is 11.9 Å². The maximum Gasteiger partial charge on any atom is 0.345 e. The van der Waals surface area contributed by atoms with Crippen LogP contribution in [0, 0.1) is 0 Å². The van der Waals surface area contributed by atoms with E-state index in [0.717, 1.165) is 5.56 Å². The summed E-state index contributed by atoms with van der Waals surface area (Å²) in [6.07, 6.45) is 0. The molecule has 1 aromatic heterocycles. The van der Waals surface area contributed by atoms with Crippen molar-refractivity contribution in [1.29, 1.82) is 0 Å². The van der Waals surface area contributed by atoms with E-state index in [4.69, 9.17) is 4.42 Å². The van der Waals surface area contributed by atoms with Crippen molar-refractivity contribution in [2.75, 3.05) is 38.7 Å². The minimum absolute atomic E-state index is 0. The lowest BCUT2D eigenvalue weighted by Gasteiger charge is -2.32. The standard InChI is InChI=1S/C24H27N5O4S.ClH/c1-17(19-10-7-11-20(16-19)21(30)18-8-5-4-6-9-18)22-26-27-23(33-22)25-24(28(2)3)29-12-14-34(31,32)15-13-29;/h4-11,16-17H,12-15H2,1-3H3;1H. The quantitative estimate of drug-likeness (QED) is 0.288. The summed E-state index contributed by atoms with van der Waals surface area (Å²) in [6.45, 7) is 2.65. The number of nitrogens with zero attached hydrogens (tertiary/aromatic N) is 5. The second-order valence-electron chi connectivity index (χ2n) is 8.41. The van der Waals surface area contributed by atoms with E-state index in [1.165, 1.54) is 0 Å². The van der Waals surface area contributed by atoms with E-state index in [1.54, 1.807) is 23.1 Å². The average Bonchev–Trinajstić information content (AvgIpc) is 3.31. The third kappa shape index (κ3) is 6.26. The molecule has 0 radical (unpaired) electrons. The zero-order chi connectivity index (χ0) is 24.3. The fraction of sp³-hybridized carbons (Fsp3) is 0.333. The van der Waals surface area contributed by atoms with E-state index in [2.05, 4.69) is 15.2 Å². The molecule has 1 aliphatic heterocycles. The van der Waals surface area contributed by atoms with Crippen LogP contribution < -0.4 is 0 Å². The first-order chi connectivity index (χ1) is 16.2. The molecular weight excluding hydrogens is 490 g/mol. The zero-order valence-corrected chi connectivity index (χ0v) is 21.4. The Morgan fingerprint density at radius 1 is 1.03 bits per heavy atom. The fourth-order valence-electron chi connectivity index (χ4n) is 3.75. The lowest BCUT2D eigenvalue weighted by molar-refractivity contribution is 0.103. The van der Waals surface area contributed by atoms with Gasteiger partial charge >= 0.3 is 6.01 Å². The van der Waals surface area contributed by atoms with Crippen LogP contribution in [0.1, 0.15) is 40.2 Å². The summed E-state index contributed by atoms with van der Waals surface area (Å²) in [6, 6.07) is 16.6. The Labute approximate surface area is 211 Å². The lowest BCUT2D eigenvalue weighted by atomic mass is 9.96. The summed E-state index contributed by atoms with van der Waals surface area (Å²) in [5.41, 5.74) is 2.08. The van der Waals surface area contributed by atoms with Crippen LogP contribution >= 0.6 is 12.4 Å². The normalized spacial score (nSPS) is 16.3. The Hall–Kier alpha value is -3.24. The first kappa shape index (κ1) is 26.4. The van der Waals surface area contributed by atoms with Crippen LogP contribution in [0.15, 0.2) is 64.0 Å². The van der Waals surface area contributed by atoms with Crippen LogP contribution in [0.4, 0.5) is 6.01 Å². The summed E-state index contributed by atoms with van der Waals surface area (Å²) in [5, 5.41) is 8.24. The van der Waals surface area contributed by atoms with Gasteiger partial charge in [-0.25, -0.2) is 8.42 Å². The van der Waals surface area contributed by atoms with Crippen LogP contribution in [0.3, 0.4) is 0 Å². The highest BCUT2D eigenvalue weighted by molar-refractivity contribution is 7.91. The number of carbonyl (C=O) groups is 1. The van der Waals surface area contributed by atoms with Crippen LogP contribution in [0.5, 0.6) is 0 Å². The van der Waals surface area contributed by atoms with Gasteiger partial charge in [0.25, 0.3) is 0 Å². The van der Waals surface area contributed by atoms with Gasteiger partial charge in [0.1, 0.15) is 0 Å². The molecule has 4 rings (SSSR count). The van der Waals surface area contributed by atoms with Crippen LogP contribution in [0.25, 0.3) is 0 Å². The molecule has 0 saturated carbocycles. The molecule has 35 heavy (non-hydrogen) atoms. The Morgan fingerprint density at radius 3 is 2.34 bits per heavy atom. The van der Waals surface area contributed by atoms with E-state index in [1.807, 2.05) is 62.3 Å². The van der Waals surface area contributed by atoms with Gasteiger partial charge in [-0.05, 0) is 18.6 Å². The fourth-order valence-corrected chi connectivity index (χ4v) is 4.95. The molecule has 1 saturated heterocycles. The number of benzene rings is 2. The van der Waals surface area contributed by atoms with Gasteiger partial charge < -0.3 is 14.2 Å². The summed E-state index contributed by atoms with van der Waals surface area (Å²) < 4.78 is 29.4. The maximum atomic E-state index is 12.8. The van der Waals surface area contributed by atoms with E-state index in [-0.39, 0.29) is 41.6 Å². The second-order valence-corrected chi connectivity index (χ2v) is 10.7. The first-order valence-corrected chi connectivity index (χ1v) is 12.8. The number of aliphatic imine (C=N–C) groups is 1. The molecule has 1 aliphatic rings. The summed E-state index contributed by atoms with van der Waals surface area (Å²) in [7, 11) is 0.657. The Morgan fingerprint density at radius 2 is 1.69 bits per heavy atom. The molecule has 1 fully saturated rings. The molecule has 0 amide bonds. The number of guanidine groups is 1. The molecule has 0 aliphatic carbocycles. The molecule has 0 N–H and O–H groups in total. The van der Waals surface area contributed by atoms with Crippen molar-refractivity contribution in [3.8, 4) is 0 Å².